The predicted octanol–water partition coefficient (Wildman–Crippen LogP) is 2.69. The van der Waals surface area contributed by atoms with Gasteiger partial charge >= 0.3 is 11.8 Å². The van der Waals surface area contributed by atoms with Crippen molar-refractivity contribution in [3.8, 4) is 11.5 Å². The fourth-order valence-corrected chi connectivity index (χ4v) is 2.33. The molecular weight excluding hydrogens is 409 g/mol. The fraction of sp³-hybridized carbons (Fsp3) is 0.118. The molecule has 0 heterocycles. The summed E-state index contributed by atoms with van der Waals surface area (Å²) in [5, 5.41) is 5.86. The first-order valence-corrected chi connectivity index (χ1v) is 8.06. The minimum absolute atomic E-state index is 0.119. The minimum atomic E-state index is -1.05. The van der Waals surface area contributed by atoms with Gasteiger partial charge in [-0.3, -0.25) is 9.59 Å². The second kappa shape index (κ2) is 8.95. The number of hydrazone groups is 1. The molecular formula is C17H15BrFN3O4. The van der Waals surface area contributed by atoms with Crippen LogP contribution in [0.3, 0.4) is 0 Å². The molecule has 0 spiro atoms. The quantitative estimate of drug-likeness (QED) is 0.439. The molecule has 136 valence electrons. The summed E-state index contributed by atoms with van der Waals surface area (Å²) in [4.78, 5) is 23.6. The van der Waals surface area contributed by atoms with Crippen molar-refractivity contribution in [3.05, 3.63) is 52.3 Å². The lowest BCUT2D eigenvalue weighted by Crippen LogP contribution is -2.32. The van der Waals surface area contributed by atoms with Crippen LogP contribution in [0.2, 0.25) is 0 Å². The Kier molecular flexibility index (Phi) is 6.67. The van der Waals surface area contributed by atoms with Gasteiger partial charge in [-0.1, -0.05) is 22.0 Å². The average molecular weight is 424 g/mol. The van der Waals surface area contributed by atoms with Crippen LogP contribution in [0, 0.1) is 5.82 Å². The van der Waals surface area contributed by atoms with E-state index in [0.717, 1.165) is 0 Å². The highest BCUT2D eigenvalue weighted by Crippen LogP contribution is 2.29. The SMILES string of the molecule is COc1cccc(C=NNC(=O)C(=O)Nc2ccc(Br)cc2F)c1OC. The number of halogens is 2. The Balaban J connectivity index is 2.02. The first-order valence-electron chi connectivity index (χ1n) is 7.26. The monoisotopic (exact) mass is 423 g/mol. The van der Waals surface area contributed by atoms with Gasteiger partial charge in [0.1, 0.15) is 5.82 Å². The van der Waals surface area contributed by atoms with E-state index < -0.39 is 17.6 Å². The number of carbonyl (C=O) groups excluding carboxylic acids is 2. The van der Waals surface area contributed by atoms with E-state index in [1.54, 1.807) is 18.2 Å². The van der Waals surface area contributed by atoms with Crippen molar-refractivity contribution in [1.29, 1.82) is 0 Å². The van der Waals surface area contributed by atoms with Crippen molar-refractivity contribution in [2.24, 2.45) is 5.10 Å². The third-order valence-electron chi connectivity index (χ3n) is 3.19. The molecule has 0 unspecified atom stereocenters. The highest BCUT2D eigenvalue weighted by atomic mass is 79.9. The largest absolute Gasteiger partial charge is 0.493 e. The van der Waals surface area contributed by atoms with E-state index in [1.165, 1.54) is 38.6 Å². The first-order chi connectivity index (χ1) is 12.5. The number of nitrogens with one attached hydrogen (secondary N) is 2. The average Bonchev–Trinajstić information content (AvgIpc) is 2.63. The lowest BCUT2D eigenvalue weighted by Gasteiger charge is -2.09. The van der Waals surface area contributed by atoms with Gasteiger partial charge in [0.2, 0.25) is 0 Å². The molecule has 0 aliphatic rings. The second-order valence-corrected chi connectivity index (χ2v) is 5.78. The molecule has 9 heteroatoms. The van der Waals surface area contributed by atoms with Gasteiger partial charge in [-0.05, 0) is 30.3 Å². The number of methoxy groups -OCH3 is 2. The number of carbonyl (C=O) groups is 2. The van der Waals surface area contributed by atoms with Crippen LogP contribution >= 0.6 is 15.9 Å². The third kappa shape index (κ3) is 4.79. The van der Waals surface area contributed by atoms with E-state index in [1.807, 2.05) is 0 Å². The van der Waals surface area contributed by atoms with Gasteiger partial charge < -0.3 is 14.8 Å². The number of benzene rings is 2. The van der Waals surface area contributed by atoms with E-state index in [4.69, 9.17) is 9.47 Å². The molecule has 0 bridgehead atoms. The van der Waals surface area contributed by atoms with Crippen LogP contribution in [-0.2, 0) is 9.59 Å². The predicted molar refractivity (Wildman–Crippen MR) is 98.0 cm³/mol. The lowest BCUT2D eigenvalue weighted by atomic mass is 10.2. The molecule has 0 saturated carbocycles. The van der Waals surface area contributed by atoms with Gasteiger partial charge in [0, 0.05) is 10.0 Å². The van der Waals surface area contributed by atoms with Gasteiger partial charge in [0.05, 0.1) is 26.1 Å². The normalized spacial score (nSPS) is 10.5. The van der Waals surface area contributed by atoms with Gasteiger partial charge in [0.25, 0.3) is 0 Å². The zero-order valence-electron chi connectivity index (χ0n) is 13.9. The van der Waals surface area contributed by atoms with Crippen LogP contribution in [0.5, 0.6) is 11.5 Å². The summed E-state index contributed by atoms with van der Waals surface area (Å²) in [6.45, 7) is 0. The molecule has 26 heavy (non-hydrogen) atoms. The highest BCUT2D eigenvalue weighted by molar-refractivity contribution is 9.10. The number of hydrogen-bond acceptors (Lipinski definition) is 5. The molecule has 0 atom stereocenters. The zero-order chi connectivity index (χ0) is 19.1. The molecule has 0 fully saturated rings. The maximum atomic E-state index is 13.7. The number of nitrogens with zero attached hydrogens (tertiary/aromatic N) is 1. The number of anilines is 1. The smallest absolute Gasteiger partial charge is 0.329 e. The summed E-state index contributed by atoms with van der Waals surface area (Å²) in [5.74, 6) is -1.86. The Morgan fingerprint density at radius 3 is 2.58 bits per heavy atom. The van der Waals surface area contributed by atoms with Crippen LogP contribution in [0.15, 0.2) is 46.0 Å². The second-order valence-electron chi connectivity index (χ2n) is 4.86. The highest BCUT2D eigenvalue weighted by Gasteiger charge is 2.15. The number of hydrogen-bond donors (Lipinski definition) is 2. The summed E-state index contributed by atoms with van der Waals surface area (Å²) in [6, 6.07) is 9.14. The Hall–Kier alpha value is -2.94. The zero-order valence-corrected chi connectivity index (χ0v) is 15.5. The Labute approximate surface area is 157 Å². The molecule has 2 aromatic rings. The van der Waals surface area contributed by atoms with Gasteiger partial charge in [-0.25, -0.2) is 9.82 Å². The Morgan fingerprint density at radius 1 is 1.15 bits per heavy atom. The van der Waals surface area contributed by atoms with Crippen LogP contribution < -0.4 is 20.2 Å². The number of para-hydroxylation sites is 1. The van der Waals surface area contributed by atoms with E-state index >= 15 is 0 Å². The van der Waals surface area contributed by atoms with Crippen molar-refractivity contribution in [1.82, 2.24) is 5.43 Å². The van der Waals surface area contributed by atoms with Gasteiger partial charge in [-0.2, -0.15) is 5.10 Å². The topological polar surface area (TPSA) is 89.0 Å². The van der Waals surface area contributed by atoms with Gasteiger partial charge in [0.15, 0.2) is 11.5 Å². The maximum Gasteiger partial charge on any atom is 0.329 e. The maximum absolute atomic E-state index is 13.7. The Morgan fingerprint density at radius 2 is 1.92 bits per heavy atom. The molecule has 0 aromatic heterocycles. The minimum Gasteiger partial charge on any atom is -0.493 e. The first kappa shape index (κ1) is 19.4. The number of amides is 2. The molecule has 0 radical (unpaired) electrons. The molecule has 2 amide bonds. The molecule has 0 aliphatic carbocycles. The van der Waals surface area contributed by atoms with E-state index in [2.05, 4.69) is 31.8 Å². The van der Waals surface area contributed by atoms with Crippen molar-refractivity contribution in [3.63, 3.8) is 0 Å². The number of rotatable bonds is 5. The molecule has 7 nitrogen and oxygen atoms in total. The molecule has 2 rings (SSSR count). The molecule has 2 N–H and O–H groups in total. The summed E-state index contributed by atoms with van der Waals surface area (Å²) >= 11 is 3.10. The van der Waals surface area contributed by atoms with Crippen LogP contribution in [-0.4, -0.2) is 32.2 Å². The summed E-state index contributed by atoms with van der Waals surface area (Å²) in [7, 11) is 2.96. The number of ether oxygens (including phenoxy) is 2. The van der Waals surface area contributed by atoms with Crippen molar-refractivity contribution in [2.75, 3.05) is 19.5 Å². The van der Waals surface area contributed by atoms with E-state index in [9.17, 15) is 14.0 Å². The van der Waals surface area contributed by atoms with Crippen LogP contribution in [0.25, 0.3) is 0 Å². The lowest BCUT2D eigenvalue weighted by molar-refractivity contribution is -0.136. The van der Waals surface area contributed by atoms with Crippen molar-refractivity contribution < 1.29 is 23.5 Å². The van der Waals surface area contributed by atoms with Gasteiger partial charge in [-0.15, -0.1) is 0 Å². The third-order valence-corrected chi connectivity index (χ3v) is 3.68. The summed E-state index contributed by atoms with van der Waals surface area (Å²) < 4.78 is 24.6. The van der Waals surface area contributed by atoms with E-state index in [0.29, 0.717) is 21.5 Å². The van der Waals surface area contributed by atoms with Crippen molar-refractivity contribution in [2.45, 2.75) is 0 Å². The van der Waals surface area contributed by atoms with E-state index in [-0.39, 0.29) is 5.69 Å². The van der Waals surface area contributed by atoms with Crippen LogP contribution in [0.1, 0.15) is 5.56 Å². The summed E-state index contributed by atoms with van der Waals surface area (Å²) in [6.07, 6.45) is 1.30. The molecule has 0 aliphatic heterocycles. The Bertz CT molecular complexity index is 858. The van der Waals surface area contributed by atoms with Crippen LogP contribution in [0.4, 0.5) is 10.1 Å². The molecule has 2 aromatic carbocycles. The summed E-state index contributed by atoms with van der Waals surface area (Å²) in [5.41, 5.74) is 2.48. The standard InChI is InChI=1S/C17H15BrFN3O4/c1-25-14-5-3-4-10(15(14)26-2)9-20-22-17(24)16(23)21-13-7-6-11(18)8-12(13)19/h3-9H,1-2H3,(H,21,23)(H,22,24). The van der Waals surface area contributed by atoms with Crippen molar-refractivity contribution >= 4 is 39.6 Å². The molecule has 0 saturated heterocycles. The fourth-order valence-electron chi connectivity index (χ4n) is 1.99.